The summed E-state index contributed by atoms with van der Waals surface area (Å²) in [6, 6.07) is 0. The number of hydrogen-bond acceptors (Lipinski definition) is 10. The van der Waals surface area contributed by atoms with Crippen LogP contribution in [0.25, 0.3) is 0 Å². The van der Waals surface area contributed by atoms with Crippen molar-refractivity contribution in [3.8, 4) is 0 Å². The van der Waals surface area contributed by atoms with Crippen LogP contribution in [0.5, 0.6) is 0 Å². The number of hydrogen-bond donors (Lipinski definition) is 3. The number of ether oxygens (including phenoxy) is 4. The van der Waals surface area contributed by atoms with E-state index in [4.69, 9.17) is 18.9 Å². The van der Waals surface area contributed by atoms with E-state index in [0.29, 0.717) is 18.8 Å². The molecule has 11 heteroatoms. The third kappa shape index (κ3) is 5.28. The molecule has 11 nitrogen and oxygen atoms in total. The number of aliphatic hydroxyl groups is 2. The molecular formula is C36H50O11. The van der Waals surface area contributed by atoms with E-state index < -0.39 is 70.8 Å². The minimum Gasteiger partial charge on any atom is -0.481 e. The van der Waals surface area contributed by atoms with E-state index in [9.17, 15) is 34.5 Å². The van der Waals surface area contributed by atoms with Gasteiger partial charge in [-0.05, 0) is 81.8 Å². The fourth-order valence-electron chi connectivity index (χ4n) is 10.2. The van der Waals surface area contributed by atoms with Gasteiger partial charge in [-0.25, -0.2) is 4.79 Å². The molecule has 4 aliphatic carbocycles. The maximum Gasteiger partial charge on any atom is 0.334 e. The SMILES string of the molecule is CO[C@@H]1[C@H](OC(=O)/C(C)=C\C(=O)/C=C/[C@H](C)O)[C@H](O)[C@@H](OC[C@@]23C[C@@H]4[C@H](C)CC[C@H]4[C@@]4(C=O)C[C@@H]2C=C(C(C)C)[C@@]34C(=O)O)O[C@H]1C. The van der Waals surface area contributed by atoms with Crippen LogP contribution in [-0.2, 0) is 38.1 Å². The van der Waals surface area contributed by atoms with Gasteiger partial charge in [0.25, 0.3) is 0 Å². The number of rotatable bonds is 12. The van der Waals surface area contributed by atoms with Crippen LogP contribution in [0, 0.1) is 45.8 Å². The van der Waals surface area contributed by atoms with Crippen LogP contribution < -0.4 is 0 Å². The van der Waals surface area contributed by atoms with Crippen molar-refractivity contribution in [1.82, 2.24) is 0 Å². The lowest BCUT2D eigenvalue weighted by Crippen LogP contribution is -2.64. The molecule has 3 N–H and O–H groups in total. The number of carbonyl (C=O) groups is 4. The highest BCUT2D eigenvalue weighted by atomic mass is 16.7. The molecule has 0 radical (unpaired) electrons. The summed E-state index contributed by atoms with van der Waals surface area (Å²) in [5, 5.41) is 32.1. The van der Waals surface area contributed by atoms with Gasteiger partial charge >= 0.3 is 11.9 Å². The van der Waals surface area contributed by atoms with Crippen LogP contribution >= 0.6 is 0 Å². The van der Waals surface area contributed by atoms with E-state index >= 15 is 0 Å². The predicted molar refractivity (Wildman–Crippen MR) is 169 cm³/mol. The van der Waals surface area contributed by atoms with Crippen LogP contribution in [0.1, 0.15) is 67.2 Å². The topological polar surface area (TPSA) is 166 Å². The van der Waals surface area contributed by atoms with E-state index in [-0.39, 0.29) is 35.9 Å². The lowest BCUT2D eigenvalue weighted by atomic mass is 9.43. The number of carboxylic acid groups (broad SMARTS) is 1. The molecule has 4 bridgehead atoms. The number of methoxy groups -OCH3 is 1. The number of ketones is 1. The van der Waals surface area contributed by atoms with Gasteiger partial charge in [-0.15, -0.1) is 0 Å². The Balaban J connectivity index is 1.44. The van der Waals surface area contributed by atoms with Gasteiger partial charge in [-0.1, -0.05) is 44.9 Å². The molecule has 3 saturated carbocycles. The number of allylic oxidation sites excluding steroid dienone is 3. The monoisotopic (exact) mass is 658 g/mol. The molecule has 5 aliphatic rings. The predicted octanol–water partition coefficient (Wildman–Crippen LogP) is 3.41. The van der Waals surface area contributed by atoms with Crippen molar-refractivity contribution < 1.29 is 53.4 Å². The van der Waals surface area contributed by atoms with Crippen LogP contribution in [0.2, 0.25) is 0 Å². The van der Waals surface area contributed by atoms with Crippen molar-refractivity contribution in [2.45, 2.75) is 104 Å². The Kier molecular flexibility index (Phi) is 9.82. The minimum absolute atomic E-state index is 0.0198. The van der Waals surface area contributed by atoms with Crippen LogP contribution in [0.4, 0.5) is 0 Å². The molecule has 13 atom stereocenters. The number of carboxylic acids is 1. The molecule has 47 heavy (non-hydrogen) atoms. The zero-order valence-corrected chi connectivity index (χ0v) is 28.4. The van der Waals surface area contributed by atoms with Crippen molar-refractivity contribution in [1.29, 1.82) is 0 Å². The Labute approximate surface area is 276 Å². The second-order valence-corrected chi connectivity index (χ2v) is 14.9. The number of aliphatic carboxylic acids is 1. The highest BCUT2D eigenvalue weighted by Crippen LogP contribution is 2.82. The number of carbonyl (C=O) groups excluding carboxylic acids is 3. The van der Waals surface area contributed by atoms with Crippen molar-refractivity contribution >= 4 is 24.0 Å². The summed E-state index contributed by atoms with van der Waals surface area (Å²) >= 11 is 0. The van der Waals surface area contributed by atoms with Gasteiger partial charge in [0.1, 0.15) is 23.9 Å². The first-order valence-corrected chi connectivity index (χ1v) is 16.8. The van der Waals surface area contributed by atoms with Crippen molar-refractivity contribution in [2.24, 2.45) is 45.8 Å². The lowest BCUT2D eigenvalue weighted by molar-refractivity contribution is -0.308. The van der Waals surface area contributed by atoms with Crippen molar-refractivity contribution in [3.63, 3.8) is 0 Å². The zero-order valence-electron chi connectivity index (χ0n) is 28.4. The lowest BCUT2D eigenvalue weighted by Gasteiger charge is -2.58. The van der Waals surface area contributed by atoms with E-state index in [1.165, 1.54) is 27.0 Å². The minimum atomic E-state index is -1.51. The Morgan fingerprint density at radius 3 is 2.43 bits per heavy atom. The molecule has 5 rings (SSSR count). The summed E-state index contributed by atoms with van der Waals surface area (Å²) in [4.78, 5) is 52.3. The molecule has 0 unspecified atom stereocenters. The molecule has 260 valence electrons. The highest BCUT2D eigenvalue weighted by Gasteiger charge is 2.84. The van der Waals surface area contributed by atoms with E-state index in [1.54, 1.807) is 6.92 Å². The fraction of sp³-hybridized carbons (Fsp3) is 0.722. The maximum atomic E-state index is 13.7. The van der Waals surface area contributed by atoms with Crippen molar-refractivity contribution in [3.05, 3.63) is 35.5 Å². The number of aldehydes is 1. The fourth-order valence-corrected chi connectivity index (χ4v) is 10.2. The Morgan fingerprint density at radius 2 is 1.83 bits per heavy atom. The van der Waals surface area contributed by atoms with Crippen LogP contribution in [0.3, 0.4) is 0 Å². The normalized spacial score (nSPS) is 43.1. The van der Waals surface area contributed by atoms with Crippen molar-refractivity contribution in [2.75, 3.05) is 13.7 Å². The van der Waals surface area contributed by atoms with Crippen LogP contribution in [-0.4, -0.2) is 89.9 Å². The van der Waals surface area contributed by atoms with Gasteiger partial charge in [0, 0.05) is 18.1 Å². The van der Waals surface area contributed by atoms with Gasteiger partial charge in [0.15, 0.2) is 18.2 Å². The molecule has 1 heterocycles. The quantitative estimate of drug-likeness (QED) is 0.122. The summed E-state index contributed by atoms with van der Waals surface area (Å²) in [5.74, 6) is -2.21. The number of aliphatic hydroxyl groups excluding tert-OH is 2. The average Bonchev–Trinajstić information content (AvgIpc) is 3.58. The largest absolute Gasteiger partial charge is 0.481 e. The molecular weight excluding hydrogens is 608 g/mol. The molecule has 1 aliphatic heterocycles. The summed E-state index contributed by atoms with van der Waals surface area (Å²) in [7, 11) is 1.40. The Hall–Kier alpha value is -2.70. The molecule has 0 aromatic heterocycles. The second-order valence-electron chi connectivity index (χ2n) is 14.9. The zero-order chi connectivity index (χ0) is 34.6. The summed E-state index contributed by atoms with van der Waals surface area (Å²) in [6.07, 6.45) is 2.89. The van der Waals surface area contributed by atoms with E-state index in [2.05, 4.69) is 13.0 Å². The van der Waals surface area contributed by atoms with Gasteiger partial charge in [-0.2, -0.15) is 0 Å². The van der Waals surface area contributed by atoms with Gasteiger partial charge in [0.2, 0.25) is 0 Å². The first-order chi connectivity index (χ1) is 22.1. The number of esters is 1. The molecule has 0 aromatic carbocycles. The maximum absolute atomic E-state index is 13.7. The summed E-state index contributed by atoms with van der Waals surface area (Å²) < 4.78 is 23.8. The first-order valence-electron chi connectivity index (χ1n) is 16.8. The smallest absolute Gasteiger partial charge is 0.334 e. The average molecular weight is 659 g/mol. The van der Waals surface area contributed by atoms with E-state index in [0.717, 1.165) is 36.9 Å². The molecule has 0 spiro atoms. The number of fused-ring (bicyclic) bond motifs is 2. The van der Waals surface area contributed by atoms with Crippen LogP contribution in [0.15, 0.2) is 35.5 Å². The van der Waals surface area contributed by atoms with Gasteiger partial charge < -0.3 is 39.1 Å². The first kappa shape index (κ1) is 35.6. The molecule has 1 saturated heterocycles. The third-order valence-electron chi connectivity index (χ3n) is 12.1. The third-order valence-corrected chi connectivity index (χ3v) is 12.1. The molecule has 0 aromatic rings. The summed E-state index contributed by atoms with van der Waals surface area (Å²) in [5.41, 5.74) is -2.68. The second kappa shape index (κ2) is 13.0. The Bertz CT molecular complexity index is 1360. The van der Waals surface area contributed by atoms with Gasteiger partial charge in [-0.3, -0.25) is 9.59 Å². The molecule has 4 fully saturated rings. The van der Waals surface area contributed by atoms with Gasteiger partial charge in [0.05, 0.1) is 24.2 Å². The summed E-state index contributed by atoms with van der Waals surface area (Å²) in [6.45, 7) is 10.6. The molecule has 0 amide bonds. The standard InChI is InChI=1S/C36H50O11/c1-18(2)27-13-23-14-34(16-37)26-11-8-19(3)25(26)15-35(23,36(27,34)33(42)43)17-45-32-28(40)30(29(44-7)22(6)46-32)47-31(41)20(4)12-24(39)10-9-21(5)38/h9-10,12-13,16,18-19,21-23,25-26,28-30,32,38,40H,8,11,14-15,17H2,1-7H3,(H,42,43)/b10-9+,20-12-/t19-,21+,22+,23+,25-,26-,28+,29+,30-,32+,34+,35+,36+/m1/s1. The highest BCUT2D eigenvalue weighted by molar-refractivity contribution is 6.04. The van der Waals surface area contributed by atoms with E-state index in [1.807, 2.05) is 13.8 Å². The Morgan fingerprint density at radius 1 is 1.13 bits per heavy atom.